The van der Waals surface area contributed by atoms with Crippen molar-refractivity contribution in [2.75, 3.05) is 0 Å². The van der Waals surface area contributed by atoms with E-state index in [1.807, 2.05) is 0 Å². The van der Waals surface area contributed by atoms with E-state index in [0.717, 1.165) is 6.08 Å². The number of hydrogen-bond acceptors (Lipinski definition) is 7. The van der Waals surface area contributed by atoms with Gasteiger partial charge < -0.3 is 19.9 Å². The summed E-state index contributed by atoms with van der Waals surface area (Å²) >= 11 is 0. The van der Waals surface area contributed by atoms with Gasteiger partial charge in [-0.15, -0.1) is 0 Å². The topological polar surface area (TPSA) is 118 Å². The molecule has 3 rings (SSSR count). The number of halogens is 3. The Morgan fingerprint density at radius 3 is 2.72 bits per heavy atom. The number of rotatable bonds is 3. The third-order valence-electron chi connectivity index (χ3n) is 3.43. The average molecular weight is 358 g/mol. The molecule has 2 heterocycles. The maximum Gasteiger partial charge on any atom is 0.490 e. The summed E-state index contributed by atoms with van der Waals surface area (Å²) in [4.78, 5) is 38.5. The number of epoxide rings is 1. The molecular weight excluding hydrogens is 349 g/mol. The summed E-state index contributed by atoms with van der Waals surface area (Å²) in [6, 6.07) is 2.52. The summed E-state index contributed by atoms with van der Waals surface area (Å²) in [6.07, 6.45) is -6.98. The van der Waals surface area contributed by atoms with Gasteiger partial charge in [0.05, 0.1) is 5.70 Å². The quantitative estimate of drug-likeness (QED) is 0.586. The number of esters is 1. The van der Waals surface area contributed by atoms with Crippen LogP contribution in [0.2, 0.25) is 0 Å². The molecule has 0 spiro atoms. The lowest BCUT2D eigenvalue weighted by molar-refractivity contribution is -0.204. The molecule has 25 heavy (non-hydrogen) atoms. The van der Waals surface area contributed by atoms with Crippen molar-refractivity contribution >= 4 is 17.7 Å². The van der Waals surface area contributed by atoms with Gasteiger partial charge in [-0.2, -0.15) is 13.2 Å². The van der Waals surface area contributed by atoms with Crippen LogP contribution in [0.4, 0.5) is 13.2 Å². The highest BCUT2D eigenvalue weighted by atomic mass is 19.4. The number of nitrogens with zero attached hydrogens (tertiary/aromatic N) is 1. The number of aromatic nitrogens is 1. The van der Waals surface area contributed by atoms with Crippen molar-refractivity contribution in [3.05, 3.63) is 35.8 Å². The number of carbonyl (C=O) groups excluding carboxylic acids is 3. The molecule has 8 nitrogen and oxygen atoms in total. The molecule has 1 amide bonds. The smallest absolute Gasteiger partial charge is 0.490 e. The molecule has 0 aromatic carbocycles. The standard InChI is InChI=1S/C14H9F3N2O6/c15-14(16,17)13(23)25-9-5(4-7(21)10-11(9)24-10)19-12(22)8-6(20)2-1-3-18-8/h1-4,9-11,20H,(H,19,22). The highest BCUT2D eigenvalue weighted by Gasteiger charge is 2.57. The van der Waals surface area contributed by atoms with E-state index in [9.17, 15) is 32.7 Å². The number of nitrogens with one attached hydrogen (secondary N) is 1. The van der Waals surface area contributed by atoms with E-state index in [1.165, 1.54) is 18.3 Å². The van der Waals surface area contributed by atoms with Gasteiger partial charge in [0.15, 0.2) is 23.7 Å². The van der Waals surface area contributed by atoms with E-state index in [4.69, 9.17) is 4.74 Å². The Bertz CT molecular complexity index is 791. The van der Waals surface area contributed by atoms with Crippen LogP contribution in [-0.2, 0) is 19.1 Å². The molecule has 2 N–H and O–H groups in total. The molecule has 1 aliphatic carbocycles. The van der Waals surface area contributed by atoms with E-state index < -0.39 is 59.3 Å². The summed E-state index contributed by atoms with van der Waals surface area (Å²) in [7, 11) is 0. The highest BCUT2D eigenvalue weighted by Crippen LogP contribution is 2.36. The van der Waals surface area contributed by atoms with Crippen molar-refractivity contribution < 1.29 is 42.1 Å². The van der Waals surface area contributed by atoms with Gasteiger partial charge in [-0.25, -0.2) is 9.78 Å². The minimum atomic E-state index is -5.25. The zero-order valence-corrected chi connectivity index (χ0v) is 12.1. The zero-order valence-electron chi connectivity index (χ0n) is 12.1. The van der Waals surface area contributed by atoms with Crippen LogP contribution in [0.1, 0.15) is 10.5 Å². The van der Waals surface area contributed by atoms with Gasteiger partial charge in [0, 0.05) is 12.3 Å². The number of ketones is 1. The first-order chi connectivity index (χ1) is 11.7. The van der Waals surface area contributed by atoms with Crippen LogP contribution in [0.15, 0.2) is 30.1 Å². The van der Waals surface area contributed by atoms with Gasteiger partial charge in [0.2, 0.25) is 0 Å². The Morgan fingerprint density at radius 1 is 1.36 bits per heavy atom. The number of carbonyl (C=O) groups is 3. The Hall–Kier alpha value is -2.95. The molecule has 2 aliphatic rings. The first-order valence-corrected chi connectivity index (χ1v) is 6.82. The molecule has 1 aromatic rings. The molecule has 1 aromatic heterocycles. The summed E-state index contributed by atoms with van der Waals surface area (Å²) in [5, 5.41) is 11.7. The van der Waals surface area contributed by atoms with E-state index >= 15 is 0 Å². The number of amides is 1. The van der Waals surface area contributed by atoms with Crippen LogP contribution in [0.5, 0.6) is 5.75 Å². The maximum absolute atomic E-state index is 12.4. The molecule has 132 valence electrons. The van der Waals surface area contributed by atoms with Crippen molar-refractivity contribution in [2.24, 2.45) is 0 Å². The van der Waals surface area contributed by atoms with Crippen LogP contribution in [0, 0.1) is 0 Å². The summed E-state index contributed by atoms with van der Waals surface area (Å²) < 4.78 is 46.4. The van der Waals surface area contributed by atoms with Crippen molar-refractivity contribution in [2.45, 2.75) is 24.5 Å². The Balaban J connectivity index is 1.82. The first-order valence-electron chi connectivity index (χ1n) is 6.82. The molecule has 1 fully saturated rings. The predicted octanol–water partition coefficient (Wildman–Crippen LogP) is 0.225. The molecule has 0 radical (unpaired) electrons. The lowest BCUT2D eigenvalue weighted by atomic mass is 10.00. The Labute approximate surface area is 137 Å². The zero-order chi connectivity index (χ0) is 18.4. The number of ether oxygens (including phenoxy) is 2. The van der Waals surface area contributed by atoms with Crippen LogP contribution in [-0.4, -0.2) is 52.2 Å². The van der Waals surface area contributed by atoms with Crippen molar-refractivity contribution in [3.63, 3.8) is 0 Å². The lowest BCUT2D eigenvalue weighted by Gasteiger charge is -2.22. The van der Waals surface area contributed by atoms with Gasteiger partial charge in [0.25, 0.3) is 5.91 Å². The monoisotopic (exact) mass is 358 g/mol. The normalized spacial score (nSPS) is 24.8. The second kappa shape index (κ2) is 5.84. The summed E-state index contributed by atoms with van der Waals surface area (Å²) in [5.74, 6) is -4.55. The van der Waals surface area contributed by atoms with Gasteiger partial charge >= 0.3 is 12.1 Å². The Kier molecular flexibility index (Phi) is 3.95. The van der Waals surface area contributed by atoms with Gasteiger partial charge in [-0.1, -0.05) is 0 Å². The molecular formula is C14H9F3N2O6. The predicted molar refractivity (Wildman–Crippen MR) is 71.1 cm³/mol. The third-order valence-corrected chi connectivity index (χ3v) is 3.43. The van der Waals surface area contributed by atoms with Crippen LogP contribution in [0.25, 0.3) is 0 Å². The third kappa shape index (κ3) is 3.31. The molecule has 3 unspecified atom stereocenters. The minimum Gasteiger partial charge on any atom is -0.505 e. The van der Waals surface area contributed by atoms with E-state index in [2.05, 4.69) is 15.0 Å². The van der Waals surface area contributed by atoms with Gasteiger partial charge in [-0.05, 0) is 12.1 Å². The molecule has 1 aliphatic heterocycles. The number of hydrogen-bond donors (Lipinski definition) is 2. The fourth-order valence-electron chi connectivity index (χ4n) is 2.26. The van der Waals surface area contributed by atoms with Crippen LogP contribution < -0.4 is 5.32 Å². The fourth-order valence-corrected chi connectivity index (χ4v) is 2.26. The number of alkyl halides is 3. The highest BCUT2D eigenvalue weighted by molar-refractivity contribution is 6.01. The summed E-state index contributed by atoms with van der Waals surface area (Å²) in [6.45, 7) is 0. The molecule has 11 heteroatoms. The Morgan fingerprint density at radius 2 is 2.08 bits per heavy atom. The molecule has 3 atom stereocenters. The number of aromatic hydroxyl groups is 1. The van der Waals surface area contributed by atoms with E-state index in [-0.39, 0.29) is 0 Å². The van der Waals surface area contributed by atoms with Crippen molar-refractivity contribution in [1.82, 2.24) is 10.3 Å². The molecule has 1 saturated heterocycles. The number of fused-ring (bicyclic) bond motifs is 1. The second-order valence-corrected chi connectivity index (χ2v) is 5.17. The SMILES string of the molecule is O=C(NC1=CC(=O)C2OC2C1OC(=O)C(F)(F)F)c1ncccc1O. The lowest BCUT2D eigenvalue weighted by Crippen LogP contribution is -2.42. The summed E-state index contributed by atoms with van der Waals surface area (Å²) in [5.41, 5.74) is -0.813. The first kappa shape index (κ1) is 16.9. The minimum absolute atomic E-state index is 0.392. The van der Waals surface area contributed by atoms with Gasteiger partial charge in [0.1, 0.15) is 11.9 Å². The molecule has 0 bridgehead atoms. The van der Waals surface area contributed by atoms with Gasteiger partial charge in [-0.3, -0.25) is 9.59 Å². The van der Waals surface area contributed by atoms with Crippen LogP contribution in [0.3, 0.4) is 0 Å². The average Bonchev–Trinajstić information content (AvgIpc) is 3.31. The fraction of sp³-hybridized carbons (Fsp3) is 0.286. The van der Waals surface area contributed by atoms with E-state index in [1.54, 1.807) is 0 Å². The number of pyridine rings is 1. The van der Waals surface area contributed by atoms with Crippen LogP contribution >= 0.6 is 0 Å². The van der Waals surface area contributed by atoms with Crippen molar-refractivity contribution in [3.8, 4) is 5.75 Å². The molecule has 0 saturated carbocycles. The van der Waals surface area contributed by atoms with Crippen molar-refractivity contribution in [1.29, 1.82) is 0 Å². The second-order valence-electron chi connectivity index (χ2n) is 5.17. The largest absolute Gasteiger partial charge is 0.505 e. The maximum atomic E-state index is 12.4. The van der Waals surface area contributed by atoms with E-state index in [0.29, 0.717) is 0 Å².